The predicted octanol–water partition coefficient (Wildman–Crippen LogP) is 3.27. The molecule has 20 heavy (non-hydrogen) atoms. The highest BCUT2D eigenvalue weighted by molar-refractivity contribution is 5.95. The number of carbonyl (C=O) groups excluding carboxylic acids is 1. The summed E-state index contributed by atoms with van der Waals surface area (Å²) in [6.07, 6.45) is 3.25. The maximum Gasteiger partial charge on any atom is 0.251 e. The molecule has 1 rings (SSSR count). The van der Waals surface area contributed by atoms with Crippen LogP contribution in [0.3, 0.4) is 0 Å². The van der Waals surface area contributed by atoms with E-state index in [9.17, 15) is 4.79 Å². The minimum atomic E-state index is -0.127. The van der Waals surface area contributed by atoms with Crippen molar-refractivity contribution in [3.8, 4) is 0 Å². The van der Waals surface area contributed by atoms with Crippen LogP contribution in [0.1, 0.15) is 69.9 Å². The van der Waals surface area contributed by atoms with Crippen molar-refractivity contribution in [2.24, 2.45) is 0 Å². The van der Waals surface area contributed by atoms with Crippen LogP contribution in [-0.2, 0) is 5.41 Å². The van der Waals surface area contributed by atoms with Gasteiger partial charge >= 0.3 is 0 Å². The van der Waals surface area contributed by atoms with E-state index < -0.39 is 0 Å². The average Bonchev–Trinajstić information content (AvgIpc) is 2.34. The number of aromatic nitrogens is 1. The van der Waals surface area contributed by atoms with Crippen molar-refractivity contribution < 1.29 is 4.79 Å². The van der Waals surface area contributed by atoms with Gasteiger partial charge in [0, 0.05) is 22.7 Å². The summed E-state index contributed by atoms with van der Waals surface area (Å²) in [7, 11) is 0. The summed E-state index contributed by atoms with van der Waals surface area (Å²) in [6.45, 7) is 10.3. The number of hydrogen-bond donors (Lipinski definition) is 2. The predicted molar refractivity (Wildman–Crippen MR) is 83.8 cm³/mol. The zero-order valence-corrected chi connectivity index (χ0v) is 13.3. The molecule has 4 nitrogen and oxygen atoms in total. The van der Waals surface area contributed by atoms with E-state index in [4.69, 9.17) is 5.73 Å². The Hall–Kier alpha value is -1.58. The van der Waals surface area contributed by atoms with Crippen molar-refractivity contribution in [3.63, 3.8) is 0 Å². The number of rotatable bonds is 5. The van der Waals surface area contributed by atoms with E-state index in [0.29, 0.717) is 11.4 Å². The van der Waals surface area contributed by atoms with E-state index in [0.717, 1.165) is 25.0 Å². The molecule has 1 unspecified atom stereocenters. The lowest BCUT2D eigenvalue weighted by Crippen LogP contribution is -2.33. The number of amides is 1. The van der Waals surface area contributed by atoms with Crippen LogP contribution in [0, 0.1) is 0 Å². The second kappa shape index (κ2) is 6.73. The van der Waals surface area contributed by atoms with Gasteiger partial charge in [-0.15, -0.1) is 0 Å². The Balaban J connectivity index is 2.85. The molecular weight excluding hydrogens is 250 g/mol. The number of hydrogen-bond acceptors (Lipinski definition) is 3. The fraction of sp³-hybridized carbons (Fsp3) is 0.625. The number of nitrogens with two attached hydrogens (primary N) is 1. The highest BCUT2D eigenvalue weighted by Gasteiger charge is 2.19. The zero-order valence-electron chi connectivity index (χ0n) is 13.3. The molecule has 1 aromatic heterocycles. The van der Waals surface area contributed by atoms with Crippen molar-refractivity contribution in [2.45, 2.75) is 65.3 Å². The normalized spacial score (nSPS) is 13.1. The van der Waals surface area contributed by atoms with E-state index in [-0.39, 0.29) is 17.4 Å². The number of nitrogen functional groups attached to an aromatic ring is 1. The van der Waals surface area contributed by atoms with E-state index >= 15 is 0 Å². The Bertz CT molecular complexity index is 463. The molecule has 0 saturated carbocycles. The molecule has 0 saturated heterocycles. The number of anilines is 1. The summed E-state index contributed by atoms with van der Waals surface area (Å²) in [5, 5.41) is 3.01. The molecule has 0 aromatic carbocycles. The van der Waals surface area contributed by atoms with Crippen molar-refractivity contribution >= 4 is 11.7 Å². The summed E-state index contributed by atoms with van der Waals surface area (Å²) >= 11 is 0. The number of nitrogens with zero attached hydrogens (tertiary/aromatic N) is 1. The first-order chi connectivity index (χ1) is 9.24. The molecule has 4 heteroatoms. The van der Waals surface area contributed by atoms with Gasteiger partial charge < -0.3 is 11.1 Å². The van der Waals surface area contributed by atoms with E-state index in [2.05, 4.69) is 38.0 Å². The second-order valence-corrected chi connectivity index (χ2v) is 6.43. The Labute approximate surface area is 122 Å². The Kier molecular flexibility index (Phi) is 5.54. The third-order valence-corrected chi connectivity index (χ3v) is 3.24. The molecular formula is C16H27N3O. The number of pyridine rings is 1. The van der Waals surface area contributed by atoms with Crippen LogP contribution in [0.5, 0.6) is 0 Å². The molecule has 0 aliphatic heterocycles. The fourth-order valence-corrected chi connectivity index (χ4v) is 1.96. The molecule has 0 aliphatic rings. The third-order valence-electron chi connectivity index (χ3n) is 3.24. The van der Waals surface area contributed by atoms with Gasteiger partial charge in [0.15, 0.2) is 0 Å². The van der Waals surface area contributed by atoms with Gasteiger partial charge in [-0.25, -0.2) is 4.98 Å². The summed E-state index contributed by atoms with van der Waals surface area (Å²) in [5.74, 6) is 0.317. The molecule has 0 spiro atoms. The lowest BCUT2D eigenvalue weighted by atomic mass is 9.90. The van der Waals surface area contributed by atoms with Crippen LogP contribution >= 0.6 is 0 Å². The van der Waals surface area contributed by atoms with Gasteiger partial charge in [-0.3, -0.25) is 4.79 Å². The van der Waals surface area contributed by atoms with Gasteiger partial charge in [0.25, 0.3) is 5.91 Å². The summed E-state index contributed by atoms with van der Waals surface area (Å²) < 4.78 is 0. The molecule has 0 bridgehead atoms. The topological polar surface area (TPSA) is 68.0 Å². The average molecular weight is 277 g/mol. The van der Waals surface area contributed by atoms with Gasteiger partial charge in [-0.2, -0.15) is 0 Å². The lowest BCUT2D eigenvalue weighted by molar-refractivity contribution is 0.0937. The molecule has 0 radical (unpaired) electrons. The monoisotopic (exact) mass is 277 g/mol. The largest absolute Gasteiger partial charge is 0.384 e. The van der Waals surface area contributed by atoms with Crippen LogP contribution in [0.2, 0.25) is 0 Å². The van der Waals surface area contributed by atoms with Crippen LogP contribution in [0.4, 0.5) is 5.82 Å². The highest BCUT2D eigenvalue weighted by Crippen LogP contribution is 2.22. The smallest absolute Gasteiger partial charge is 0.251 e. The maximum absolute atomic E-state index is 12.3. The zero-order chi connectivity index (χ0) is 15.3. The Morgan fingerprint density at radius 1 is 1.40 bits per heavy atom. The molecule has 0 aliphatic carbocycles. The summed E-state index contributed by atoms with van der Waals surface area (Å²) in [5.41, 5.74) is 7.11. The summed E-state index contributed by atoms with van der Waals surface area (Å²) in [6, 6.07) is 3.64. The first-order valence-electron chi connectivity index (χ1n) is 7.33. The molecule has 1 aromatic rings. The van der Waals surface area contributed by atoms with Crippen molar-refractivity contribution in [3.05, 3.63) is 23.4 Å². The highest BCUT2D eigenvalue weighted by atomic mass is 16.1. The minimum absolute atomic E-state index is 0.0757. The Morgan fingerprint density at radius 3 is 2.60 bits per heavy atom. The van der Waals surface area contributed by atoms with E-state index in [1.165, 1.54) is 0 Å². The number of nitrogens with one attached hydrogen (secondary N) is 1. The SMILES string of the molecule is CCCCC(C)NC(=O)c1cc(N)nc(C(C)(C)C)c1. The van der Waals surface area contributed by atoms with Crippen LogP contribution in [-0.4, -0.2) is 16.9 Å². The van der Waals surface area contributed by atoms with Gasteiger partial charge in [-0.05, 0) is 25.5 Å². The van der Waals surface area contributed by atoms with Crippen molar-refractivity contribution in [1.29, 1.82) is 0 Å². The van der Waals surface area contributed by atoms with Gasteiger partial charge in [0.1, 0.15) is 5.82 Å². The first kappa shape index (κ1) is 16.5. The first-order valence-corrected chi connectivity index (χ1v) is 7.33. The molecule has 3 N–H and O–H groups in total. The third kappa shape index (κ3) is 4.83. The standard InChI is InChI=1S/C16H27N3O/c1-6-7-8-11(2)18-15(20)12-9-13(16(3,4)5)19-14(17)10-12/h9-11H,6-8H2,1-5H3,(H2,17,19)(H,18,20). The van der Waals surface area contributed by atoms with Crippen LogP contribution in [0.15, 0.2) is 12.1 Å². The minimum Gasteiger partial charge on any atom is -0.384 e. The molecule has 1 atom stereocenters. The fourth-order valence-electron chi connectivity index (χ4n) is 1.96. The molecule has 0 fully saturated rings. The van der Waals surface area contributed by atoms with Gasteiger partial charge in [-0.1, -0.05) is 40.5 Å². The Morgan fingerprint density at radius 2 is 2.05 bits per heavy atom. The molecule has 1 amide bonds. The summed E-state index contributed by atoms with van der Waals surface area (Å²) in [4.78, 5) is 16.6. The second-order valence-electron chi connectivity index (χ2n) is 6.43. The van der Waals surface area contributed by atoms with Crippen molar-refractivity contribution in [1.82, 2.24) is 10.3 Å². The maximum atomic E-state index is 12.3. The van der Waals surface area contributed by atoms with E-state index in [1.54, 1.807) is 6.07 Å². The van der Waals surface area contributed by atoms with Gasteiger partial charge in [0.2, 0.25) is 0 Å². The number of unbranched alkanes of at least 4 members (excludes halogenated alkanes) is 1. The van der Waals surface area contributed by atoms with E-state index in [1.807, 2.05) is 13.0 Å². The van der Waals surface area contributed by atoms with Gasteiger partial charge in [0.05, 0.1) is 0 Å². The van der Waals surface area contributed by atoms with Crippen molar-refractivity contribution in [2.75, 3.05) is 5.73 Å². The van der Waals surface area contributed by atoms with Crippen LogP contribution in [0.25, 0.3) is 0 Å². The quantitative estimate of drug-likeness (QED) is 0.868. The molecule has 1 heterocycles. The number of carbonyl (C=O) groups is 1. The molecule has 112 valence electrons. The van der Waals surface area contributed by atoms with Crippen LogP contribution < -0.4 is 11.1 Å². The lowest BCUT2D eigenvalue weighted by Gasteiger charge is -2.19.